The average molecular weight is 1420 g/mol. The molecule has 35 nitrogen and oxygen atoms in total. The Balaban J connectivity index is 0.884. The summed E-state index contributed by atoms with van der Waals surface area (Å²) >= 11 is 0. The minimum absolute atomic E-state index is 0.0917. The minimum atomic E-state index is -2.28. The van der Waals surface area contributed by atoms with Crippen molar-refractivity contribution < 1.29 is 173 Å². The Morgan fingerprint density at radius 3 is 1.36 bits per heavy atom. The zero-order valence-corrected chi connectivity index (χ0v) is 52.1. The first kappa shape index (κ1) is 74.0. The third kappa shape index (κ3) is 17.4. The van der Waals surface area contributed by atoms with Crippen LogP contribution in [0.5, 0.6) is 63.2 Å². The molecule has 4 saturated heterocycles. The van der Waals surface area contributed by atoms with Gasteiger partial charge < -0.3 is 154 Å². The zero-order chi connectivity index (χ0) is 72.8. The average Bonchev–Trinajstić information content (AvgIpc) is 0.760. The van der Waals surface area contributed by atoms with Gasteiger partial charge in [0.2, 0.25) is 24.6 Å². The molecule has 35 heteroatoms. The molecule has 20 N–H and O–H groups in total. The highest BCUT2D eigenvalue weighted by molar-refractivity contribution is 5.90. The molecular weight excluding hydrogens is 1350 g/mol. The van der Waals surface area contributed by atoms with Gasteiger partial charge in [0.1, 0.15) is 140 Å². The van der Waals surface area contributed by atoms with E-state index in [0.717, 1.165) is 85.0 Å². The van der Waals surface area contributed by atoms with E-state index in [0.29, 0.717) is 0 Å². The van der Waals surface area contributed by atoms with Gasteiger partial charge in [0.15, 0.2) is 46.9 Å². The van der Waals surface area contributed by atoms with Gasteiger partial charge in [0.25, 0.3) is 0 Å². The summed E-state index contributed by atoms with van der Waals surface area (Å²) in [5.74, 6) is -8.95. The third-order valence-electron chi connectivity index (χ3n) is 16.2. The number of fused-ring (bicyclic) bond motifs is 1. The van der Waals surface area contributed by atoms with Crippen molar-refractivity contribution >= 4 is 47.1 Å². The van der Waals surface area contributed by atoms with Gasteiger partial charge in [-0.1, -0.05) is 12.1 Å². The van der Waals surface area contributed by atoms with Crippen LogP contribution in [0.1, 0.15) is 16.7 Å². The number of phenolic OH excluding ortho intramolecular Hbond substituents is 8. The molecule has 4 aliphatic heterocycles. The van der Waals surface area contributed by atoms with Crippen molar-refractivity contribution in [2.45, 2.75) is 123 Å². The third-order valence-corrected chi connectivity index (χ3v) is 16.2. The van der Waals surface area contributed by atoms with Crippen LogP contribution in [-0.2, 0) is 52.3 Å². The Morgan fingerprint density at radius 1 is 0.386 bits per heavy atom. The Kier molecular flexibility index (Phi) is 23.3. The molecule has 10 rings (SSSR count). The van der Waals surface area contributed by atoms with Crippen LogP contribution in [0.25, 0.3) is 40.5 Å². The summed E-state index contributed by atoms with van der Waals surface area (Å²) in [5, 5.41) is 213. The second-order valence-corrected chi connectivity index (χ2v) is 23.4. The molecule has 0 amide bonds. The number of hydrogen-bond acceptors (Lipinski definition) is 34. The fourth-order valence-corrected chi connectivity index (χ4v) is 10.7. The van der Waals surface area contributed by atoms with E-state index >= 15 is 0 Å². The molecule has 4 aliphatic rings. The lowest BCUT2D eigenvalue weighted by molar-refractivity contribution is -0.358. The SMILES string of the molecule is O=C(C=Cc1cc(O)cc(O)c1)OCC1OC(Oc2ccc(C=CC(=O)OCC3OC(Oc4cc5c(OC6OC(CO)C(O)C(O)C6O)cc(O)cc5[o+]c4-c4ccc(O)c(O)c4)C(OC4OC(COC(=O)C=Cc5ccc(O)c(O)c5)C(O)C(O)C4O)C(O)C3O)cc2O)C(O)C(O)C1O. The van der Waals surface area contributed by atoms with Crippen LogP contribution in [0.15, 0.2) is 114 Å². The molecule has 0 saturated carbocycles. The van der Waals surface area contributed by atoms with Crippen molar-refractivity contribution in [2.75, 3.05) is 26.4 Å². The van der Waals surface area contributed by atoms with Crippen LogP contribution in [-0.4, -0.2) is 269 Å². The Bertz CT molecular complexity index is 4010. The van der Waals surface area contributed by atoms with Gasteiger partial charge in [-0.15, -0.1) is 0 Å². The molecule has 101 heavy (non-hydrogen) atoms. The molecule has 0 radical (unpaired) electrons. The number of aliphatic hydroxyl groups is 12. The van der Waals surface area contributed by atoms with Crippen molar-refractivity contribution in [3.63, 3.8) is 0 Å². The van der Waals surface area contributed by atoms with Crippen LogP contribution < -0.4 is 14.2 Å². The summed E-state index contributed by atoms with van der Waals surface area (Å²) < 4.78 is 69.1. The van der Waals surface area contributed by atoms with Crippen LogP contribution in [0.4, 0.5) is 0 Å². The van der Waals surface area contributed by atoms with Gasteiger partial charge in [0.05, 0.1) is 18.2 Å². The van der Waals surface area contributed by atoms with Gasteiger partial charge in [0, 0.05) is 42.5 Å². The lowest BCUT2D eigenvalue weighted by atomic mass is 9.97. The maximum Gasteiger partial charge on any atom is 0.402 e. The monoisotopic (exact) mass is 1420 g/mol. The first-order chi connectivity index (χ1) is 48.0. The van der Waals surface area contributed by atoms with Gasteiger partial charge in [-0.3, -0.25) is 0 Å². The number of carbonyl (C=O) groups is 3. The first-order valence-corrected chi connectivity index (χ1v) is 30.5. The number of benzene rings is 5. The number of aromatic hydroxyl groups is 8. The maximum atomic E-state index is 13.4. The Hall–Kier alpha value is -9.74. The van der Waals surface area contributed by atoms with Gasteiger partial charge >= 0.3 is 29.3 Å². The normalized spacial score (nSPS) is 29.9. The molecule has 1 aromatic heterocycles. The predicted molar refractivity (Wildman–Crippen MR) is 333 cm³/mol. The number of phenols is 8. The smallest absolute Gasteiger partial charge is 0.402 e. The number of carbonyl (C=O) groups excluding carboxylic acids is 3. The van der Waals surface area contributed by atoms with Crippen molar-refractivity contribution in [2.24, 2.45) is 0 Å². The summed E-state index contributed by atoms with van der Waals surface area (Å²) in [6.07, 6.45) is -32.8. The fourth-order valence-electron chi connectivity index (χ4n) is 10.7. The second kappa shape index (κ2) is 31.9. The largest absolute Gasteiger partial charge is 0.508 e. The highest BCUT2D eigenvalue weighted by Crippen LogP contribution is 2.44. The van der Waals surface area contributed by atoms with E-state index in [1.165, 1.54) is 42.5 Å². The number of ether oxygens (including phenoxy) is 11. The molecule has 0 spiro atoms. The lowest BCUT2D eigenvalue weighted by Crippen LogP contribution is -2.65. The van der Waals surface area contributed by atoms with E-state index in [1.807, 2.05) is 0 Å². The van der Waals surface area contributed by atoms with Crippen molar-refractivity contribution in [1.29, 1.82) is 0 Å². The van der Waals surface area contributed by atoms with Crippen molar-refractivity contribution in [1.82, 2.24) is 0 Å². The summed E-state index contributed by atoms with van der Waals surface area (Å²) in [5.41, 5.74) is 0.176. The predicted octanol–water partition coefficient (Wildman–Crippen LogP) is -1.82. The van der Waals surface area contributed by atoms with Crippen LogP contribution in [0, 0.1) is 0 Å². The maximum absolute atomic E-state index is 13.4. The minimum Gasteiger partial charge on any atom is -0.508 e. The van der Waals surface area contributed by atoms with Crippen LogP contribution in [0.3, 0.4) is 0 Å². The van der Waals surface area contributed by atoms with Crippen LogP contribution >= 0.6 is 0 Å². The van der Waals surface area contributed by atoms with E-state index in [1.54, 1.807) is 0 Å². The molecule has 5 aromatic carbocycles. The molecule has 0 bridgehead atoms. The van der Waals surface area contributed by atoms with E-state index in [9.17, 15) is 117 Å². The number of esters is 3. The molecular formula is C66H69O35+. The summed E-state index contributed by atoms with van der Waals surface area (Å²) in [7, 11) is 0. The molecule has 542 valence electrons. The first-order valence-electron chi connectivity index (χ1n) is 30.5. The second-order valence-electron chi connectivity index (χ2n) is 23.4. The molecule has 5 heterocycles. The summed E-state index contributed by atoms with van der Waals surface area (Å²) in [4.78, 5) is 38.8. The van der Waals surface area contributed by atoms with Crippen LogP contribution in [0.2, 0.25) is 0 Å². The fraction of sp³-hybridized carbons (Fsp3) is 0.364. The quantitative estimate of drug-likeness (QED) is 0.0117. The molecule has 20 atom stereocenters. The molecule has 0 aliphatic carbocycles. The van der Waals surface area contributed by atoms with E-state index in [-0.39, 0.29) is 50.5 Å². The molecule has 4 fully saturated rings. The number of aliphatic hydroxyl groups excluding tert-OH is 12. The number of hydrogen-bond donors (Lipinski definition) is 20. The topological polar surface area (TPSA) is 569 Å². The highest BCUT2D eigenvalue weighted by atomic mass is 16.8. The van der Waals surface area contributed by atoms with Gasteiger partial charge in [-0.25, -0.2) is 18.8 Å². The van der Waals surface area contributed by atoms with Gasteiger partial charge in [-0.2, -0.15) is 0 Å². The van der Waals surface area contributed by atoms with E-state index in [2.05, 4.69) is 0 Å². The van der Waals surface area contributed by atoms with Crippen molar-refractivity contribution in [3.05, 3.63) is 126 Å². The summed E-state index contributed by atoms with van der Waals surface area (Å²) in [6, 6.07) is 17.1. The molecule has 20 unspecified atom stereocenters. The van der Waals surface area contributed by atoms with E-state index in [4.69, 9.17) is 56.5 Å². The van der Waals surface area contributed by atoms with E-state index < -0.39 is 219 Å². The van der Waals surface area contributed by atoms with Gasteiger partial charge in [-0.05, 0) is 83.4 Å². The number of rotatable bonds is 22. The molecule has 6 aromatic rings. The summed E-state index contributed by atoms with van der Waals surface area (Å²) in [6.45, 7) is -3.35. The van der Waals surface area contributed by atoms with Crippen molar-refractivity contribution in [3.8, 4) is 74.6 Å². The lowest BCUT2D eigenvalue weighted by Gasteiger charge is -2.45. The zero-order valence-electron chi connectivity index (χ0n) is 52.1. The standard InChI is InChI=1S/C66H68O35/c67-22-43-50(79)54(83)58(87)64(97-43)95-41-20-32(70)19-40-33(41)21-42(61(93-40)29-6-8-35(72)37(74)17-29)96-66-62(101-65-60(89)56(85)52(81)45(99-65)24-90-47(76)10-3-26-1-7-34(71)36(73)15-26)57(86)53(82)46(100-66)25-92-48(77)11-4-27-2-9-39(38(75)16-27)94-63-59(88)55(84)51(80)44(98-63)23-91-49(78)12-5-28-13-30(68)18-31(69)14-28/h1-21,43-46,50-60,62-67,79-89H,22-25H2,(H7-,68,69,70,71,72,73,74,75,76)/p+1. The Labute approximate surface area is 568 Å². The Morgan fingerprint density at radius 2 is 0.822 bits per heavy atom. The highest BCUT2D eigenvalue weighted by Gasteiger charge is 2.53.